The van der Waals surface area contributed by atoms with Crippen LogP contribution < -0.4 is 4.65 Å². The van der Waals surface area contributed by atoms with Gasteiger partial charge in [0.15, 0.2) is 6.61 Å². The highest BCUT2D eigenvalue weighted by molar-refractivity contribution is 6.35. The number of alkyl halides is 3. The van der Waals surface area contributed by atoms with E-state index >= 15 is 0 Å². The minimum absolute atomic E-state index is 0.241. The van der Waals surface area contributed by atoms with Crippen molar-refractivity contribution in [2.75, 3.05) is 6.61 Å². The lowest BCUT2D eigenvalue weighted by Gasteiger charge is -2.10. The van der Waals surface area contributed by atoms with E-state index in [0.717, 1.165) is 0 Å². The van der Waals surface area contributed by atoms with E-state index in [0.29, 0.717) is 0 Å². The van der Waals surface area contributed by atoms with E-state index in [1.54, 1.807) is 18.2 Å². The molecule has 16 heavy (non-hydrogen) atoms. The Hall–Kier alpha value is -1.25. The summed E-state index contributed by atoms with van der Waals surface area (Å²) in [4.78, 5) is 7.67. The Bertz CT molecular complexity index is 306. The van der Waals surface area contributed by atoms with Gasteiger partial charge in [-0.1, -0.05) is 18.2 Å². The molecule has 88 valence electrons. The molecular weight excluding hydrogens is 228 g/mol. The third-order valence-electron chi connectivity index (χ3n) is 1.35. The highest BCUT2D eigenvalue weighted by Gasteiger charge is 2.30. The van der Waals surface area contributed by atoms with Gasteiger partial charge in [0.2, 0.25) is 0 Å². The standard InChI is InChI=1S/C8H8BF3O4/c10-8(11,12)6-14-16-9(13)15-7-4-2-1-3-5-7/h1-5,13H,6H2. The normalized spacial score (nSPS) is 11.2. The van der Waals surface area contributed by atoms with Crippen LogP contribution in [0.15, 0.2) is 30.3 Å². The van der Waals surface area contributed by atoms with E-state index in [-0.39, 0.29) is 5.75 Å². The van der Waals surface area contributed by atoms with Gasteiger partial charge in [-0.2, -0.15) is 13.2 Å². The first-order valence-corrected chi connectivity index (χ1v) is 4.22. The highest BCUT2D eigenvalue weighted by Crippen LogP contribution is 2.15. The zero-order chi connectivity index (χ0) is 12.0. The van der Waals surface area contributed by atoms with E-state index in [4.69, 9.17) is 5.02 Å². The lowest BCUT2D eigenvalue weighted by Crippen LogP contribution is -2.29. The second kappa shape index (κ2) is 5.73. The lowest BCUT2D eigenvalue weighted by atomic mass is 10.2. The summed E-state index contributed by atoms with van der Waals surface area (Å²) in [6, 6.07) is 7.95. The first-order chi connectivity index (χ1) is 7.47. The summed E-state index contributed by atoms with van der Waals surface area (Å²) in [6.07, 6.45) is -4.52. The first kappa shape index (κ1) is 12.8. The number of rotatable bonds is 5. The van der Waals surface area contributed by atoms with Gasteiger partial charge in [0.1, 0.15) is 5.75 Å². The van der Waals surface area contributed by atoms with Crippen molar-refractivity contribution in [2.24, 2.45) is 0 Å². The molecule has 1 rings (SSSR count). The molecule has 0 aliphatic rings. The van der Waals surface area contributed by atoms with Crippen LogP contribution in [0, 0.1) is 0 Å². The van der Waals surface area contributed by atoms with E-state index in [1.807, 2.05) is 0 Å². The van der Waals surface area contributed by atoms with Crippen LogP contribution in [0.1, 0.15) is 0 Å². The maximum atomic E-state index is 11.6. The van der Waals surface area contributed by atoms with Gasteiger partial charge < -0.3 is 9.68 Å². The predicted octanol–water partition coefficient (Wildman–Crippen LogP) is 1.55. The minimum atomic E-state index is -4.52. The summed E-state index contributed by atoms with van der Waals surface area (Å²) >= 11 is 0. The molecule has 0 amide bonds. The van der Waals surface area contributed by atoms with Crippen molar-refractivity contribution >= 4 is 7.32 Å². The van der Waals surface area contributed by atoms with Crippen LogP contribution >= 0.6 is 0 Å². The average molecular weight is 236 g/mol. The minimum Gasteiger partial charge on any atom is -0.511 e. The van der Waals surface area contributed by atoms with Gasteiger partial charge >= 0.3 is 13.5 Å². The summed E-state index contributed by atoms with van der Waals surface area (Å²) in [6.45, 7) is -1.62. The summed E-state index contributed by atoms with van der Waals surface area (Å²) in [5.74, 6) is 0.241. The topological polar surface area (TPSA) is 47.9 Å². The van der Waals surface area contributed by atoms with E-state index in [2.05, 4.69) is 14.3 Å². The number of para-hydroxylation sites is 1. The van der Waals surface area contributed by atoms with Gasteiger partial charge in [-0.05, 0) is 12.1 Å². The fourth-order valence-corrected chi connectivity index (χ4v) is 0.794. The Kier molecular flexibility index (Phi) is 4.60. The maximum absolute atomic E-state index is 11.6. The van der Waals surface area contributed by atoms with Crippen LogP contribution in [0.3, 0.4) is 0 Å². The molecule has 0 aliphatic heterocycles. The van der Waals surface area contributed by atoms with Gasteiger partial charge in [-0.3, -0.25) is 0 Å². The molecule has 0 bridgehead atoms. The number of hydrogen-bond acceptors (Lipinski definition) is 4. The van der Waals surface area contributed by atoms with Crippen LogP contribution in [0.4, 0.5) is 13.2 Å². The molecule has 1 aromatic rings. The quantitative estimate of drug-likeness (QED) is 0.478. The Balaban J connectivity index is 2.24. The molecule has 8 heteroatoms. The fourth-order valence-electron chi connectivity index (χ4n) is 0.794. The molecule has 0 aliphatic carbocycles. The molecule has 0 unspecified atom stereocenters. The Morgan fingerprint density at radius 3 is 2.38 bits per heavy atom. The predicted molar refractivity (Wildman–Crippen MR) is 48.1 cm³/mol. The summed E-state index contributed by atoms with van der Waals surface area (Å²) in [7, 11) is -1.91. The van der Waals surface area contributed by atoms with Gasteiger partial charge in [0.25, 0.3) is 0 Å². The maximum Gasteiger partial charge on any atom is 0.739 e. The molecule has 1 aromatic carbocycles. The molecular formula is C8H8BF3O4. The van der Waals surface area contributed by atoms with Crippen LogP contribution in [-0.4, -0.2) is 25.1 Å². The third-order valence-corrected chi connectivity index (χ3v) is 1.35. The van der Waals surface area contributed by atoms with Crippen LogP contribution in [0.2, 0.25) is 0 Å². The van der Waals surface area contributed by atoms with Crippen LogP contribution in [0.5, 0.6) is 5.75 Å². The fraction of sp³-hybridized carbons (Fsp3) is 0.250. The van der Waals surface area contributed by atoms with Gasteiger partial charge in [0, 0.05) is 0 Å². The number of halogens is 3. The van der Waals surface area contributed by atoms with Gasteiger partial charge in [0.05, 0.1) is 0 Å². The number of benzene rings is 1. The summed E-state index contributed by atoms with van der Waals surface area (Å²) in [5, 5.41) is 8.96. The second-order valence-electron chi connectivity index (χ2n) is 2.71. The second-order valence-corrected chi connectivity index (χ2v) is 2.71. The van der Waals surface area contributed by atoms with Crippen LogP contribution in [0.25, 0.3) is 0 Å². The molecule has 1 N–H and O–H groups in total. The zero-order valence-electron chi connectivity index (χ0n) is 7.98. The van der Waals surface area contributed by atoms with E-state index in [9.17, 15) is 13.2 Å². The molecule has 0 saturated carbocycles. The zero-order valence-corrected chi connectivity index (χ0v) is 7.98. The molecule has 0 fully saturated rings. The Morgan fingerprint density at radius 1 is 1.19 bits per heavy atom. The van der Waals surface area contributed by atoms with Crippen molar-refractivity contribution in [1.29, 1.82) is 0 Å². The molecule has 0 radical (unpaired) electrons. The van der Waals surface area contributed by atoms with Crippen molar-refractivity contribution in [2.45, 2.75) is 6.18 Å². The van der Waals surface area contributed by atoms with Crippen molar-refractivity contribution in [3.05, 3.63) is 30.3 Å². The van der Waals surface area contributed by atoms with Crippen molar-refractivity contribution in [3.8, 4) is 5.75 Å². The molecule has 0 atom stereocenters. The Labute approximate surface area is 89.6 Å². The molecule has 0 heterocycles. The van der Waals surface area contributed by atoms with Gasteiger partial charge in [-0.25, -0.2) is 9.69 Å². The molecule has 0 spiro atoms. The van der Waals surface area contributed by atoms with E-state index < -0.39 is 20.1 Å². The largest absolute Gasteiger partial charge is 0.739 e. The van der Waals surface area contributed by atoms with Crippen molar-refractivity contribution in [1.82, 2.24) is 0 Å². The monoisotopic (exact) mass is 236 g/mol. The van der Waals surface area contributed by atoms with Gasteiger partial charge in [-0.15, -0.1) is 0 Å². The highest BCUT2D eigenvalue weighted by atomic mass is 19.4. The summed E-state index contributed by atoms with van der Waals surface area (Å²) < 4.78 is 39.5. The summed E-state index contributed by atoms with van der Waals surface area (Å²) in [5.41, 5.74) is 0. The molecule has 0 saturated heterocycles. The average Bonchev–Trinajstić information content (AvgIpc) is 2.17. The first-order valence-electron chi connectivity index (χ1n) is 4.22. The molecule has 4 nitrogen and oxygen atoms in total. The van der Waals surface area contributed by atoms with Crippen LogP contribution in [-0.2, 0) is 9.69 Å². The third kappa shape index (κ3) is 5.59. The van der Waals surface area contributed by atoms with Crippen molar-refractivity contribution < 1.29 is 32.5 Å². The molecule has 0 aromatic heterocycles. The smallest absolute Gasteiger partial charge is 0.511 e. The SMILES string of the molecule is OB(OOCC(F)(F)F)Oc1ccccc1. The van der Waals surface area contributed by atoms with E-state index in [1.165, 1.54) is 12.1 Å². The Morgan fingerprint density at radius 2 is 1.81 bits per heavy atom. The van der Waals surface area contributed by atoms with Crippen molar-refractivity contribution in [3.63, 3.8) is 0 Å². The number of hydrogen-bond donors (Lipinski definition) is 1. The lowest BCUT2D eigenvalue weighted by molar-refractivity contribution is -0.297.